The first-order valence-corrected chi connectivity index (χ1v) is 8.92. The van der Waals surface area contributed by atoms with E-state index >= 15 is 0 Å². The van der Waals surface area contributed by atoms with Gasteiger partial charge in [0.2, 0.25) is 0 Å². The molecule has 0 atom stereocenters. The van der Waals surface area contributed by atoms with Crippen molar-refractivity contribution in [3.05, 3.63) is 36.4 Å². The van der Waals surface area contributed by atoms with Crippen molar-refractivity contribution in [2.45, 2.75) is 64.3 Å². The van der Waals surface area contributed by atoms with E-state index in [0.29, 0.717) is 24.2 Å². The molecule has 4 heteroatoms. The Bertz CT molecular complexity index is 581. The van der Waals surface area contributed by atoms with Crippen LogP contribution in [0.5, 0.6) is 5.75 Å². The van der Waals surface area contributed by atoms with Crippen LogP contribution in [0.2, 0.25) is 0 Å². The number of anilines is 1. The average molecular weight is 329 g/mol. The molecule has 0 bridgehead atoms. The molecule has 0 aliphatic heterocycles. The Morgan fingerprint density at radius 3 is 2.62 bits per heavy atom. The van der Waals surface area contributed by atoms with Gasteiger partial charge in [0, 0.05) is 6.04 Å². The average Bonchev–Trinajstić information content (AvgIpc) is 2.54. The molecule has 0 unspecified atom stereocenters. The summed E-state index contributed by atoms with van der Waals surface area (Å²) in [6.07, 6.45) is 7.95. The summed E-state index contributed by atoms with van der Waals surface area (Å²) in [6.45, 7) is 10.8. The molecule has 4 nitrogen and oxygen atoms in total. The second-order valence-electron chi connectivity index (χ2n) is 7.56. The molecular weight excluding hydrogens is 298 g/mol. The first-order valence-electron chi connectivity index (χ1n) is 8.92. The van der Waals surface area contributed by atoms with E-state index in [-0.39, 0.29) is 11.2 Å². The van der Waals surface area contributed by atoms with Gasteiger partial charge in [0.05, 0.1) is 12.2 Å². The first-order chi connectivity index (χ1) is 11.4. The van der Waals surface area contributed by atoms with E-state index in [1.165, 1.54) is 37.7 Å². The lowest BCUT2D eigenvalue weighted by Gasteiger charge is -2.26. The fourth-order valence-corrected chi connectivity index (χ4v) is 2.95. The molecule has 1 aliphatic carbocycles. The van der Waals surface area contributed by atoms with Gasteiger partial charge in [-0.2, -0.15) is 0 Å². The van der Waals surface area contributed by atoms with Crippen LogP contribution in [0, 0.1) is 0 Å². The Labute approximate surface area is 146 Å². The molecule has 0 heterocycles. The van der Waals surface area contributed by atoms with Gasteiger partial charge in [-0.3, -0.25) is 0 Å². The van der Waals surface area contributed by atoms with Crippen molar-refractivity contribution in [1.82, 2.24) is 5.32 Å². The molecule has 1 aromatic rings. The second-order valence-corrected chi connectivity index (χ2v) is 7.56. The second kappa shape index (κ2) is 8.22. The molecule has 1 aromatic carbocycles. The van der Waals surface area contributed by atoms with Gasteiger partial charge in [-0.25, -0.2) is 4.99 Å². The minimum absolute atomic E-state index is 0.0271. The zero-order chi connectivity index (χ0) is 17.6. The summed E-state index contributed by atoms with van der Waals surface area (Å²) < 4.78 is 0. The lowest BCUT2D eigenvalue weighted by atomic mass is 9.87. The zero-order valence-electron chi connectivity index (χ0n) is 15.2. The van der Waals surface area contributed by atoms with E-state index in [1.807, 2.05) is 12.1 Å². The number of aromatic hydroxyl groups is 1. The normalized spacial score (nSPS) is 16.7. The molecule has 0 amide bonds. The first kappa shape index (κ1) is 18.4. The van der Waals surface area contributed by atoms with Crippen molar-refractivity contribution in [2.75, 3.05) is 11.9 Å². The van der Waals surface area contributed by atoms with Gasteiger partial charge in [-0.05, 0) is 36.0 Å². The molecule has 132 valence electrons. The zero-order valence-corrected chi connectivity index (χ0v) is 15.2. The van der Waals surface area contributed by atoms with Crippen LogP contribution in [0.15, 0.2) is 35.8 Å². The van der Waals surface area contributed by atoms with Gasteiger partial charge in [0.25, 0.3) is 0 Å². The number of hydrogen-bond donors (Lipinski definition) is 3. The molecular formula is C20H31N3O. The van der Waals surface area contributed by atoms with E-state index in [4.69, 9.17) is 0 Å². The van der Waals surface area contributed by atoms with Gasteiger partial charge in [-0.1, -0.05) is 52.2 Å². The predicted octanol–water partition coefficient (Wildman–Crippen LogP) is 4.57. The van der Waals surface area contributed by atoms with Gasteiger partial charge in [0.1, 0.15) is 5.75 Å². The highest BCUT2D eigenvalue weighted by atomic mass is 16.3. The summed E-state index contributed by atoms with van der Waals surface area (Å²) in [5.74, 6) is 0.947. The van der Waals surface area contributed by atoms with Crippen LogP contribution >= 0.6 is 0 Å². The van der Waals surface area contributed by atoms with Crippen LogP contribution in [0.3, 0.4) is 0 Å². The monoisotopic (exact) mass is 329 g/mol. The highest BCUT2D eigenvalue weighted by Gasteiger charge is 2.18. The third-order valence-electron chi connectivity index (χ3n) is 4.44. The standard InChI is InChI=1S/C20H31N3O/c1-5-13-21-19(22-16-9-7-6-8-10-16)23-17-14-15(20(2,3)4)11-12-18(17)24/h5,11-12,14,16,24H,1,6-10,13H2,2-4H3,(H2,21,22,23). The third kappa shape index (κ3) is 5.29. The number of hydrogen-bond acceptors (Lipinski definition) is 2. The van der Waals surface area contributed by atoms with Crippen LogP contribution in [0.1, 0.15) is 58.4 Å². The number of phenols is 1. The molecule has 1 saturated carbocycles. The van der Waals surface area contributed by atoms with Crippen LogP contribution in [-0.4, -0.2) is 23.7 Å². The Kier molecular flexibility index (Phi) is 6.29. The largest absolute Gasteiger partial charge is 0.506 e. The maximum Gasteiger partial charge on any atom is 0.196 e. The summed E-state index contributed by atoms with van der Waals surface area (Å²) >= 11 is 0. The molecule has 3 N–H and O–H groups in total. The molecule has 0 saturated heterocycles. The molecule has 1 aliphatic rings. The summed E-state index contributed by atoms with van der Waals surface area (Å²) in [6, 6.07) is 6.16. The molecule has 0 aromatic heterocycles. The van der Waals surface area contributed by atoms with Crippen molar-refractivity contribution in [1.29, 1.82) is 0 Å². The lowest BCUT2D eigenvalue weighted by Crippen LogP contribution is -2.40. The van der Waals surface area contributed by atoms with Crippen molar-refractivity contribution in [3.63, 3.8) is 0 Å². The van der Waals surface area contributed by atoms with E-state index in [1.54, 1.807) is 12.1 Å². The third-order valence-corrected chi connectivity index (χ3v) is 4.44. The quantitative estimate of drug-likeness (QED) is 0.328. The topological polar surface area (TPSA) is 56.7 Å². The predicted molar refractivity (Wildman–Crippen MR) is 103 cm³/mol. The van der Waals surface area contributed by atoms with E-state index < -0.39 is 0 Å². The van der Waals surface area contributed by atoms with Crippen LogP contribution in [0.25, 0.3) is 0 Å². The Morgan fingerprint density at radius 2 is 2.00 bits per heavy atom. The van der Waals surface area contributed by atoms with Crippen LogP contribution < -0.4 is 10.6 Å². The highest BCUT2D eigenvalue weighted by molar-refractivity contribution is 5.95. The number of phenolic OH excluding ortho intramolecular Hbond substituents is 1. The van der Waals surface area contributed by atoms with Crippen molar-refractivity contribution >= 4 is 11.6 Å². The van der Waals surface area contributed by atoms with Crippen molar-refractivity contribution in [2.24, 2.45) is 4.99 Å². The van der Waals surface area contributed by atoms with Crippen LogP contribution in [0.4, 0.5) is 5.69 Å². The molecule has 1 fully saturated rings. The molecule has 0 radical (unpaired) electrons. The molecule has 24 heavy (non-hydrogen) atoms. The van der Waals surface area contributed by atoms with Crippen molar-refractivity contribution in [3.8, 4) is 5.75 Å². The van der Waals surface area contributed by atoms with Gasteiger partial charge in [0.15, 0.2) is 5.96 Å². The van der Waals surface area contributed by atoms with E-state index in [9.17, 15) is 5.11 Å². The smallest absolute Gasteiger partial charge is 0.196 e. The number of aliphatic imine (C=N–C) groups is 1. The molecule has 2 rings (SSSR count). The lowest BCUT2D eigenvalue weighted by molar-refractivity contribution is 0.413. The summed E-state index contributed by atoms with van der Waals surface area (Å²) in [4.78, 5) is 4.53. The summed E-state index contributed by atoms with van der Waals surface area (Å²) in [7, 11) is 0. The van der Waals surface area contributed by atoms with Gasteiger partial charge in [-0.15, -0.1) is 6.58 Å². The van der Waals surface area contributed by atoms with E-state index in [0.717, 1.165) is 0 Å². The van der Waals surface area contributed by atoms with Gasteiger partial charge < -0.3 is 15.7 Å². The SMILES string of the molecule is C=CCN=C(Nc1cc(C(C)(C)C)ccc1O)NC1CCCCC1. The van der Waals surface area contributed by atoms with Gasteiger partial charge >= 0.3 is 0 Å². The number of benzene rings is 1. The fraction of sp³-hybridized carbons (Fsp3) is 0.550. The maximum absolute atomic E-state index is 10.2. The number of rotatable bonds is 4. The van der Waals surface area contributed by atoms with E-state index in [2.05, 4.69) is 43.0 Å². The highest BCUT2D eigenvalue weighted by Crippen LogP contribution is 2.30. The Morgan fingerprint density at radius 1 is 1.29 bits per heavy atom. The van der Waals surface area contributed by atoms with Crippen LogP contribution in [-0.2, 0) is 5.41 Å². The number of nitrogens with one attached hydrogen (secondary N) is 2. The summed E-state index contributed by atoms with van der Waals surface area (Å²) in [5, 5.41) is 17.0. The number of guanidine groups is 1. The number of nitrogens with zero attached hydrogens (tertiary/aromatic N) is 1. The van der Waals surface area contributed by atoms with Crippen molar-refractivity contribution < 1.29 is 5.11 Å². The Balaban J connectivity index is 2.17. The molecule has 0 spiro atoms. The maximum atomic E-state index is 10.2. The minimum atomic E-state index is 0.0271. The summed E-state index contributed by atoms with van der Waals surface area (Å²) in [5.41, 5.74) is 1.89. The minimum Gasteiger partial charge on any atom is -0.506 e. The Hall–Kier alpha value is -1.97. The fourth-order valence-electron chi connectivity index (χ4n) is 2.95.